The third kappa shape index (κ3) is 3.67. The van der Waals surface area contributed by atoms with Crippen LogP contribution in [0.25, 0.3) is 41.9 Å². The van der Waals surface area contributed by atoms with E-state index < -0.39 is 0 Å². The van der Waals surface area contributed by atoms with Crippen LogP contribution in [0.4, 0.5) is 5.69 Å². The van der Waals surface area contributed by atoms with Crippen LogP contribution < -0.4 is 4.90 Å². The van der Waals surface area contributed by atoms with Crippen LogP contribution in [-0.4, -0.2) is 14.1 Å². The largest absolute Gasteiger partial charge is 0.378 e. The van der Waals surface area contributed by atoms with Gasteiger partial charge in [0.1, 0.15) is 0 Å². The number of rotatable bonds is 4. The normalized spacial score (nSPS) is 11.2. The van der Waals surface area contributed by atoms with Gasteiger partial charge in [-0.25, -0.2) is 10.1 Å². The standard InChI is InChI=1S/C24H17N3S2/c1-26-17(15-25)14-19-12-13-22(28-19)24-21-7-5-4-6-20(21)23(29-24)16-8-10-18(11-9-16)27(2)3/h4-14H,2-3H3/b17-14-. The summed E-state index contributed by atoms with van der Waals surface area (Å²) in [6, 6.07) is 23.1. The summed E-state index contributed by atoms with van der Waals surface area (Å²) in [4.78, 5) is 9.89. The van der Waals surface area contributed by atoms with Crippen LogP contribution in [0.5, 0.6) is 0 Å². The van der Waals surface area contributed by atoms with Gasteiger partial charge in [-0.2, -0.15) is 0 Å². The lowest BCUT2D eigenvalue weighted by atomic mass is 10.1. The van der Waals surface area contributed by atoms with Crippen molar-refractivity contribution in [2.75, 3.05) is 19.0 Å². The number of nitrogens with zero attached hydrogens (tertiary/aromatic N) is 3. The van der Waals surface area contributed by atoms with Crippen molar-refractivity contribution in [3.63, 3.8) is 0 Å². The quantitative estimate of drug-likeness (QED) is 0.264. The predicted octanol–water partition coefficient (Wildman–Crippen LogP) is 7.15. The first-order valence-corrected chi connectivity index (χ1v) is 10.6. The summed E-state index contributed by atoms with van der Waals surface area (Å²) in [6.07, 6.45) is 1.65. The molecule has 3 nitrogen and oxygen atoms in total. The molecule has 0 atom stereocenters. The average Bonchev–Trinajstić information content (AvgIpc) is 3.36. The first-order chi connectivity index (χ1) is 14.1. The monoisotopic (exact) mass is 411 g/mol. The van der Waals surface area contributed by atoms with Gasteiger partial charge in [0.2, 0.25) is 0 Å². The molecule has 2 heterocycles. The van der Waals surface area contributed by atoms with Gasteiger partial charge >= 0.3 is 0 Å². The third-order valence-electron chi connectivity index (χ3n) is 4.63. The van der Waals surface area contributed by atoms with Gasteiger partial charge in [0.25, 0.3) is 5.70 Å². The fourth-order valence-electron chi connectivity index (χ4n) is 3.18. The number of fused-ring (bicyclic) bond motifs is 1. The predicted molar refractivity (Wildman–Crippen MR) is 125 cm³/mol. The van der Waals surface area contributed by atoms with Crippen LogP contribution in [0.3, 0.4) is 0 Å². The molecule has 0 spiro atoms. The first-order valence-electron chi connectivity index (χ1n) is 8.99. The van der Waals surface area contributed by atoms with Crippen molar-refractivity contribution < 1.29 is 0 Å². The lowest BCUT2D eigenvalue weighted by Crippen LogP contribution is -2.07. The van der Waals surface area contributed by atoms with E-state index in [-0.39, 0.29) is 5.70 Å². The van der Waals surface area contributed by atoms with E-state index in [1.807, 2.05) is 26.2 Å². The molecule has 140 valence electrons. The molecule has 2 aromatic carbocycles. The van der Waals surface area contributed by atoms with Crippen molar-refractivity contribution in [3.05, 3.63) is 82.7 Å². The maximum atomic E-state index is 9.01. The van der Waals surface area contributed by atoms with Gasteiger partial charge < -0.3 is 4.90 Å². The molecule has 2 aromatic heterocycles. The zero-order valence-corrected chi connectivity index (χ0v) is 17.6. The van der Waals surface area contributed by atoms with Gasteiger partial charge in [-0.15, -0.1) is 22.7 Å². The highest BCUT2D eigenvalue weighted by atomic mass is 32.1. The molecule has 0 bridgehead atoms. The van der Waals surface area contributed by atoms with E-state index in [4.69, 9.17) is 11.8 Å². The topological polar surface area (TPSA) is 31.4 Å². The Morgan fingerprint density at radius 1 is 0.966 bits per heavy atom. The Kier molecular flexibility index (Phi) is 5.18. The zero-order chi connectivity index (χ0) is 20.4. The van der Waals surface area contributed by atoms with Gasteiger partial charge in [0.05, 0.1) is 17.5 Å². The van der Waals surface area contributed by atoms with E-state index in [1.165, 1.54) is 31.8 Å². The Bertz CT molecular complexity index is 1280. The molecule has 4 aromatic rings. The van der Waals surface area contributed by atoms with Gasteiger partial charge in [0.15, 0.2) is 0 Å². The second kappa shape index (κ2) is 7.93. The highest BCUT2D eigenvalue weighted by Crippen LogP contribution is 2.46. The van der Waals surface area contributed by atoms with Crippen molar-refractivity contribution in [2.45, 2.75) is 0 Å². The summed E-state index contributed by atoms with van der Waals surface area (Å²) in [5, 5.41) is 11.5. The second-order valence-corrected chi connectivity index (χ2v) is 8.84. The Morgan fingerprint density at radius 2 is 1.66 bits per heavy atom. The van der Waals surface area contributed by atoms with Crippen molar-refractivity contribution in [2.24, 2.45) is 0 Å². The smallest absolute Gasteiger partial charge is 0.263 e. The Balaban J connectivity index is 1.82. The van der Waals surface area contributed by atoms with Crippen LogP contribution >= 0.6 is 22.7 Å². The van der Waals surface area contributed by atoms with Crippen molar-refractivity contribution in [1.82, 2.24) is 0 Å². The van der Waals surface area contributed by atoms with Crippen LogP contribution in [0, 0.1) is 17.9 Å². The number of hydrogen-bond donors (Lipinski definition) is 0. The molecule has 5 heteroatoms. The van der Waals surface area contributed by atoms with E-state index >= 15 is 0 Å². The van der Waals surface area contributed by atoms with E-state index in [0.717, 1.165) is 9.75 Å². The van der Waals surface area contributed by atoms with Crippen LogP contribution in [0.1, 0.15) is 4.88 Å². The first kappa shape index (κ1) is 19.0. The molecule has 0 aliphatic heterocycles. The summed E-state index contributed by atoms with van der Waals surface area (Å²) in [6.45, 7) is 7.07. The summed E-state index contributed by atoms with van der Waals surface area (Å²) in [5.41, 5.74) is 2.49. The van der Waals surface area contributed by atoms with E-state index in [0.29, 0.717) is 0 Å². The molecular formula is C24H17N3S2. The molecule has 0 radical (unpaired) electrons. The lowest BCUT2D eigenvalue weighted by Gasteiger charge is -2.12. The number of allylic oxidation sites excluding steroid dienone is 1. The Labute approximate surface area is 178 Å². The SMILES string of the molecule is [C-]#[N+]/C(C#N)=C\c1ccc(-c2sc(-c3ccc(N(C)C)cc3)c3ccccc23)s1. The minimum Gasteiger partial charge on any atom is -0.378 e. The Hall–Kier alpha value is -3.38. The van der Waals surface area contributed by atoms with Crippen molar-refractivity contribution in [1.29, 1.82) is 5.26 Å². The second-order valence-electron chi connectivity index (χ2n) is 6.70. The van der Waals surface area contributed by atoms with Crippen molar-refractivity contribution in [3.8, 4) is 26.3 Å². The van der Waals surface area contributed by atoms with E-state index in [1.54, 1.807) is 28.7 Å². The number of benzene rings is 2. The summed E-state index contributed by atoms with van der Waals surface area (Å²) >= 11 is 3.40. The number of nitriles is 1. The van der Waals surface area contributed by atoms with Crippen LogP contribution in [0.2, 0.25) is 0 Å². The van der Waals surface area contributed by atoms with Crippen LogP contribution in [0.15, 0.2) is 66.4 Å². The summed E-state index contributed by atoms with van der Waals surface area (Å²) in [7, 11) is 4.09. The molecule has 0 amide bonds. The van der Waals surface area contributed by atoms with E-state index in [9.17, 15) is 0 Å². The fourth-order valence-corrected chi connectivity index (χ4v) is 5.53. The average molecular weight is 412 g/mol. The number of thiophene rings is 2. The number of anilines is 1. The highest BCUT2D eigenvalue weighted by Gasteiger charge is 2.15. The molecule has 0 saturated carbocycles. The highest BCUT2D eigenvalue weighted by molar-refractivity contribution is 7.25. The molecule has 4 rings (SSSR count). The molecule has 0 aliphatic rings. The minimum atomic E-state index is 0.108. The molecule has 29 heavy (non-hydrogen) atoms. The number of hydrogen-bond acceptors (Lipinski definition) is 4. The third-order valence-corrected chi connectivity index (χ3v) is 7.11. The maximum Gasteiger partial charge on any atom is 0.263 e. The molecular weight excluding hydrogens is 394 g/mol. The van der Waals surface area contributed by atoms with Gasteiger partial charge in [0, 0.05) is 45.2 Å². The maximum absolute atomic E-state index is 9.01. The van der Waals surface area contributed by atoms with E-state index in [2.05, 4.69) is 64.3 Å². The van der Waals surface area contributed by atoms with Crippen molar-refractivity contribution >= 4 is 45.2 Å². The molecule has 0 unspecified atom stereocenters. The molecule has 0 saturated heterocycles. The summed E-state index contributed by atoms with van der Waals surface area (Å²) in [5.74, 6) is 0. The molecule has 0 N–H and O–H groups in total. The molecule has 0 aliphatic carbocycles. The lowest BCUT2D eigenvalue weighted by molar-refractivity contribution is 1.13. The minimum absolute atomic E-state index is 0.108. The van der Waals surface area contributed by atoms with Crippen LogP contribution in [-0.2, 0) is 0 Å². The fraction of sp³-hybridized carbons (Fsp3) is 0.0833. The summed E-state index contributed by atoms with van der Waals surface area (Å²) < 4.78 is 0. The Morgan fingerprint density at radius 3 is 2.28 bits per heavy atom. The van der Waals surface area contributed by atoms with Gasteiger partial charge in [-0.1, -0.05) is 36.4 Å². The molecule has 0 fully saturated rings. The van der Waals surface area contributed by atoms with Gasteiger partial charge in [-0.3, -0.25) is 0 Å². The zero-order valence-electron chi connectivity index (χ0n) is 16.0. The van der Waals surface area contributed by atoms with Gasteiger partial charge in [-0.05, 0) is 35.9 Å².